The number of nitro benzene ring substituents is 1. The second-order valence-electron chi connectivity index (χ2n) is 6.42. The third kappa shape index (κ3) is 3.02. The smallest absolute Gasteiger partial charge is 0.270 e. The molecule has 2 heterocycles. The largest absolute Gasteiger partial charge is 0.371 e. The topological polar surface area (TPSA) is 85.3 Å². The molecule has 0 bridgehead atoms. The Kier molecular flexibility index (Phi) is 3.99. The molecule has 2 fully saturated rings. The second-order valence-corrected chi connectivity index (χ2v) is 7.27. The van der Waals surface area contributed by atoms with E-state index < -0.39 is 0 Å². The number of anilines is 1. The first-order valence-corrected chi connectivity index (χ1v) is 8.93. The van der Waals surface area contributed by atoms with E-state index in [1.165, 1.54) is 0 Å². The summed E-state index contributed by atoms with van der Waals surface area (Å²) in [6, 6.07) is 4.91. The highest BCUT2D eigenvalue weighted by atomic mass is 79.9. The SMILES string of the molecule is O=[N+]([O-])c1ccc(N2CCC(c3noc(C4CC4)n3)CC2)c(Br)c1. The number of halogens is 1. The lowest BCUT2D eigenvalue weighted by atomic mass is 9.96. The van der Waals surface area contributed by atoms with Crippen LogP contribution >= 0.6 is 15.9 Å². The first-order chi connectivity index (χ1) is 11.6. The van der Waals surface area contributed by atoms with Gasteiger partial charge in [-0.1, -0.05) is 5.16 Å². The van der Waals surface area contributed by atoms with Crippen molar-refractivity contribution in [2.45, 2.75) is 37.5 Å². The van der Waals surface area contributed by atoms with Gasteiger partial charge in [0.25, 0.3) is 5.69 Å². The maximum atomic E-state index is 10.8. The van der Waals surface area contributed by atoms with E-state index in [0.29, 0.717) is 11.8 Å². The number of nitro groups is 1. The molecular formula is C16H17BrN4O3. The summed E-state index contributed by atoms with van der Waals surface area (Å²) in [7, 11) is 0. The van der Waals surface area contributed by atoms with E-state index in [1.807, 2.05) is 6.07 Å². The average Bonchev–Trinajstić information content (AvgIpc) is 3.32. The molecule has 1 saturated heterocycles. The van der Waals surface area contributed by atoms with Crippen LogP contribution in [0.2, 0.25) is 0 Å². The Morgan fingerprint density at radius 2 is 1.96 bits per heavy atom. The van der Waals surface area contributed by atoms with Gasteiger partial charge in [0, 0.05) is 41.5 Å². The molecule has 7 nitrogen and oxygen atoms in total. The van der Waals surface area contributed by atoms with Crippen LogP contribution in [0, 0.1) is 10.1 Å². The van der Waals surface area contributed by atoms with E-state index in [4.69, 9.17) is 4.52 Å². The summed E-state index contributed by atoms with van der Waals surface area (Å²) in [4.78, 5) is 17.3. The van der Waals surface area contributed by atoms with Gasteiger partial charge in [0.2, 0.25) is 5.89 Å². The van der Waals surface area contributed by atoms with Crippen molar-refractivity contribution < 1.29 is 9.45 Å². The van der Waals surface area contributed by atoms with Gasteiger partial charge in [0.1, 0.15) is 0 Å². The molecule has 8 heteroatoms. The van der Waals surface area contributed by atoms with E-state index in [2.05, 4.69) is 31.0 Å². The lowest BCUT2D eigenvalue weighted by molar-refractivity contribution is -0.384. The first kappa shape index (κ1) is 15.6. The summed E-state index contributed by atoms with van der Waals surface area (Å²) in [6.45, 7) is 1.74. The third-order valence-electron chi connectivity index (χ3n) is 4.73. The van der Waals surface area contributed by atoms with Crippen molar-refractivity contribution in [1.29, 1.82) is 0 Å². The van der Waals surface area contributed by atoms with Crippen molar-refractivity contribution in [3.8, 4) is 0 Å². The monoisotopic (exact) mass is 392 g/mol. The molecule has 24 heavy (non-hydrogen) atoms. The summed E-state index contributed by atoms with van der Waals surface area (Å²) in [5.41, 5.74) is 1.09. The molecule has 0 amide bonds. The van der Waals surface area contributed by atoms with E-state index in [9.17, 15) is 10.1 Å². The number of hydrogen-bond donors (Lipinski definition) is 0. The Bertz CT molecular complexity index is 766. The Labute approximate surface area is 147 Å². The van der Waals surface area contributed by atoms with Crippen LogP contribution in [0.5, 0.6) is 0 Å². The van der Waals surface area contributed by atoms with Crippen molar-refractivity contribution in [3.05, 3.63) is 44.5 Å². The third-order valence-corrected chi connectivity index (χ3v) is 5.36. The zero-order chi connectivity index (χ0) is 16.7. The Hall–Kier alpha value is -1.96. The molecule has 126 valence electrons. The van der Waals surface area contributed by atoms with Crippen LogP contribution in [-0.4, -0.2) is 28.2 Å². The Morgan fingerprint density at radius 3 is 2.58 bits per heavy atom. The van der Waals surface area contributed by atoms with Crippen molar-refractivity contribution in [2.24, 2.45) is 0 Å². The molecule has 0 N–H and O–H groups in total. The van der Waals surface area contributed by atoms with E-state index in [0.717, 1.165) is 60.6 Å². The van der Waals surface area contributed by atoms with Crippen molar-refractivity contribution in [2.75, 3.05) is 18.0 Å². The molecule has 0 unspecified atom stereocenters. The summed E-state index contributed by atoms with van der Waals surface area (Å²) in [5, 5.41) is 15.0. The van der Waals surface area contributed by atoms with Crippen LogP contribution in [0.15, 0.2) is 27.2 Å². The fraction of sp³-hybridized carbons (Fsp3) is 0.500. The fourth-order valence-corrected chi connectivity index (χ4v) is 3.77. The summed E-state index contributed by atoms with van der Waals surface area (Å²) in [5.74, 6) is 2.45. The number of rotatable bonds is 4. The van der Waals surface area contributed by atoms with Gasteiger partial charge < -0.3 is 9.42 Å². The molecule has 0 atom stereocenters. The van der Waals surface area contributed by atoms with Crippen LogP contribution in [0.1, 0.15) is 49.2 Å². The van der Waals surface area contributed by atoms with E-state index >= 15 is 0 Å². The fourth-order valence-electron chi connectivity index (χ4n) is 3.15. The van der Waals surface area contributed by atoms with Gasteiger partial charge in [-0.25, -0.2) is 0 Å². The molecule has 1 aliphatic carbocycles. The normalized spacial score (nSPS) is 18.8. The van der Waals surface area contributed by atoms with Gasteiger partial charge in [-0.05, 0) is 47.7 Å². The Morgan fingerprint density at radius 1 is 1.21 bits per heavy atom. The number of non-ortho nitro benzene ring substituents is 1. The first-order valence-electron chi connectivity index (χ1n) is 8.14. The second kappa shape index (κ2) is 6.16. The molecule has 4 rings (SSSR count). The van der Waals surface area contributed by atoms with Crippen LogP contribution in [0.25, 0.3) is 0 Å². The number of aromatic nitrogens is 2. The molecule has 1 aliphatic heterocycles. The minimum atomic E-state index is -0.380. The maximum Gasteiger partial charge on any atom is 0.270 e. The molecule has 1 aromatic carbocycles. The highest BCUT2D eigenvalue weighted by Gasteiger charge is 2.32. The zero-order valence-corrected chi connectivity index (χ0v) is 14.6. The van der Waals surface area contributed by atoms with Crippen LogP contribution in [-0.2, 0) is 0 Å². The molecule has 1 saturated carbocycles. The van der Waals surface area contributed by atoms with E-state index in [1.54, 1.807) is 12.1 Å². The number of hydrogen-bond acceptors (Lipinski definition) is 6. The zero-order valence-electron chi connectivity index (χ0n) is 13.0. The van der Waals surface area contributed by atoms with Crippen LogP contribution in [0.4, 0.5) is 11.4 Å². The standard InChI is InChI=1S/C16H17BrN4O3/c17-13-9-12(21(22)23)3-4-14(13)20-7-5-10(6-8-20)15-18-16(24-19-15)11-1-2-11/h3-4,9-11H,1-2,5-8H2. The summed E-state index contributed by atoms with van der Waals surface area (Å²) in [6.07, 6.45) is 4.22. The van der Waals surface area contributed by atoms with Gasteiger partial charge in [0.15, 0.2) is 5.82 Å². The summed E-state index contributed by atoms with van der Waals surface area (Å²) < 4.78 is 6.12. The van der Waals surface area contributed by atoms with Crippen LogP contribution < -0.4 is 4.90 Å². The summed E-state index contributed by atoms with van der Waals surface area (Å²) >= 11 is 3.45. The minimum Gasteiger partial charge on any atom is -0.371 e. The van der Waals surface area contributed by atoms with Crippen molar-refractivity contribution in [1.82, 2.24) is 10.1 Å². The minimum absolute atomic E-state index is 0.0971. The van der Waals surface area contributed by atoms with Gasteiger partial charge in [0.05, 0.1) is 10.6 Å². The maximum absolute atomic E-state index is 10.8. The highest BCUT2D eigenvalue weighted by Crippen LogP contribution is 2.40. The van der Waals surface area contributed by atoms with Crippen molar-refractivity contribution in [3.63, 3.8) is 0 Å². The Balaban J connectivity index is 1.42. The van der Waals surface area contributed by atoms with E-state index in [-0.39, 0.29) is 10.6 Å². The van der Waals surface area contributed by atoms with Gasteiger partial charge in [-0.15, -0.1) is 0 Å². The lowest BCUT2D eigenvalue weighted by Crippen LogP contribution is -2.33. The lowest BCUT2D eigenvalue weighted by Gasteiger charge is -2.32. The molecular weight excluding hydrogens is 376 g/mol. The molecule has 1 aromatic heterocycles. The van der Waals surface area contributed by atoms with Crippen molar-refractivity contribution >= 4 is 27.3 Å². The predicted molar refractivity (Wildman–Crippen MR) is 91.3 cm³/mol. The number of nitrogens with zero attached hydrogens (tertiary/aromatic N) is 4. The highest BCUT2D eigenvalue weighted by molar-refractivity contribution is 9.10. The number of piperidine rings is 1. The average molecular weight is 393 g/mol. The molecule has 2 aromatic rings. The van der Waals surface area contributed by atoms with Gasteiger partial charge >= 0.3 is 0 Å². The molecule has 0 radical (unpaired) electrons. The van der Waals surface area contributed by atoms with Gasteiger partial charge in [-0.3, -0.25) is 10.1 Å². The predicted octanol–water partition coefficient (Wildman–Crippen LogP) is 4.00. The van der Waals surface area contributed by atoms with Crippen LogP contribution in [0.3, 0.4) is 0 Å². The molecule has 0 spiro atoms. The van der Waals surface area contributed by atoms with Gasteiger partial charge in [-0.2, -0.15) is 4.98 Å². The molecule has 2 aliphatic rings. The number of benzene rings is 1. The quantitative estimate of drug-likeness (QED) is 0.577.